The number of nitrogens with zero attached hydrogens (tertiary/aromatic N) is 3. The fraction of sp³-hybridized carbons (Fsp3) is 0.409. The molecule has 0 atom stereocenters. The third kappa shape index (κ3) is 3.44. The fourth-order valence-electron chi connectivity index (χ4n) is 4.30. The van der Waals surface area contributed by atoms with Crippen molar-refractivity contribution in [1.29, 1.82) is 0 Å². The van der Waals surface area contributed by atoms with E-state index in [0.717, 1.165) is 38.3 Å². The first-order valence-electron chi connectivity index (χ1n) is 9.52. The maximum atomic E-state index is 5.38. The van der Waals surface area contributed by atoms with Crippen LogP contribution in [0.1, 0.15) is 29.3 Å². The molecule has 144 valence electrons. The number of hydrogen-bond acceptors (Lipinski definition) is 3. The van der Waals surface area contributed by atoms with E-state index in [0.29, 0.717) is 6.61 Å². The van der Waals surface area contributed by atoms with Crippen molar-refractivity contribution in [2.24, 2.45) is 0 Å². The Balaban J connectivity index is 0.00000210. The molecule has 0 fully saturated rings. The molecule has 0 saturated heterocycles. The number of aryl methyl sites for hydroxylation is 1. The number of halogens is 1. The van der Waals surface area contributed by atoms with Gasteiger partial charge in [0.2, 0.25) is 0 Å². The van der Waals surface area contributed by atoms with Crippen molar-refractivity contribution in [1.82, 2.24) is 9.55 Å². The van der Waals surface area contributed by atoms with Gasteiger partial charge in [0, 0.05) is 44.0 Å². The summed E-state index contributed by atoms with van der Waals surface area (Å²) in [5.41, 5.74) is 6.91. The molecule has 3 heterocycles. The lowest BCUT2D eigenvalue weighted by Gasteiger charge is -2.30. The van der Waals surface area contributed by atoms with Gasteiger partial charge in [0.1, 0.15) is 0 Å². The molecule has 3 aromatic rings. The zero-order valence-corrected chi connectivity index (χ0v) is 17.2. The van der Waals surface area contributed by atoms with Crippen LogP contribution in [-0.4, -0.2) is 29.8 Å². The minimum atomic E-state index is 0. The molecule has 1 aliphatic rings. The zero-order valence-electron chi connectivity index (χ0n) is 16.4. The minimum Gasteiger partial charge on any atom is -0.383 e. The maximum Gasteiger partial charge on any atom is 0.153 e. The summed E-state index contributed by atoms with van der Waals surface area (Å²) >= 11 is 0. The first kappa shape index (κ1) is 19.7. The summed E-state index contributed by atoms with van der Waals surface area (Å²) in [4.78, 5) is 7.26. The number of benzene rings is 1. The number of anilines is 1. The van der Waals surface area contributed by atoms with Crippen molar-refractivity contribution >= 4 is 29.1 Å². The van der Waals surface area contributed by atoms with Gasteiger partial charge in [0.05, 0.1) is 12.1 Å². The molecule has 2 aromatic heterocycles. The van der Waals surface area contributed by atoms with Crippen LogP contribution in [0.5, 0.6) is 0 Å². The van der Waals surface area contributed by atoms with Gasteiger partial charge in [-0.05, 0) is 42.5 Å². The van der Waals surface area contributed by atoms with E-state index in [1.54, 1.807) is 7.11 Å². The van der Waals surface area contributed by atoms with E-state index in [9.17, 15) is 0 Å². The normalized spacial score (nSPS) is 13.5. The molecule has 0 amide bonds. The lowest BCUT2D eigenvalue weighted by atomic mass is 10.00. The molecule has 0 unspecified atom stereocenters. The molecule has 4 nitrogen and oxygen atoms in total. The van der Waals surface area contributed by atoms with Gasteiger partial charge in [0.15, 0.2) is 5.82 Å². The van der Waals surface area contributed by atoms with E-state index in [1.807, 2.05) is 6.20 Å². The Morgan fingerprint density at radius 2 is 1.93 bits per heavy atom. The van der Waals surface area contributed by atoms with Crippen LogP contribution in [0.3, 0.4) is 0 Å². The molecule has 0 aliphatic carbocycles. The lowest BCUT2D eigenvalue weighted by Crippen LogP contribution is -2.31. The Morgan fingerprint density at radius 1 is 1.15 bits per heavy atom. The number of aromatic nitrogens is 2. The van der Waals surface area contributed by atoms with Gasteiger partial charge in [-0.2, -0.15) is 0 Å². The monoisotopic (exact) mass is 385 g/mol. The Labute approximate surface area is 167 Å². The predicted molar refractivity (Wildman–Crippen MR) is 114 cm³/mol. The summed E-state index contributed by atoms with van der Waals surface area (Å²) in [5, 5.41) is 1.32. The molecule has 0 saturated carbocycles. The van der Waals surface area contributed by atoms with Crippen molar-refractivity contribution in [3.8, 4) is 0 Å². The van der Waals surface area contributed by atoms with Crippen LogP contribution >= 0.6 is 12.4 Å². The van der Waals surface area contributed by atoms with Crippen molar-refractivity contribution in [2.45, 2.75) is 39.8 Å². The van der Waals surface area contributed by atoms with Crippen LogP contribution in [0, 0.1) is 6.92 Å². The molecule has 4 rings (SSSR count). The maximum absolute atomic E-state index is 5.38. The van der Waals surface area contributed by atoms with Gasteiger partial charge in [0.25, 0.3) is 0 Å². The predicted octanol–water partition coefficient (Wildman–Crippen LogP) is 4.54. The Hall–Kier alpha value is -2.04. The van der Waals surface area contributed by atoms with Crippen LogP contribution in [-0.2, 0) is 30.7 Å². The van der Waals surface area contributed by atoms with Crippen molar-refractivity contribution in [3.05, 3.63) is 58.9 Å². The largest absolute Gasteiger partial charge is 0.383 e. The van der Waals surface area contributed by atoms with E-state index >= 15 is 0 Å². The smallest absolute Gasteiger partial charge is 0.153 e. The van der Waals surface area contributed by atoms with E-state index in [2.05, 4.69) is 53.6 Å². The molecule has 5 heteroatoms. The summed E-state index contributed by atoms with van der Waals surface area (Å²) in [7, 11) is 1.77. The summed E-state index contributed by atoms with van der Waals surface area (Å²) < 4.78 is 7.81. The molecule has 0 bridgehead atoms. The average molecular weight is 386 g/mol. The summed E-state index contributed by atoms with van der Waals surface area (Å²) in [6, 6.07) is 10.9. The molecular weight excluding hydrogens is 358 g/mol. The SMILES string of the molecule is CCc1c(C)c2ccnc(N3CCc4ccccc4C3)c2n1CCOC.Cl. The zero-order chi connectivity index (χ0) is 18.1. The standard InChI is InChI=1S/C22H27N3O.ClH/c1-4-20-16(2)19-9-11-23-22(21(19)25(20)13-14-26-3)24-12-10-17-7-5-6-8-18(17)15-24;/h5-9,11H,4,10,12-15H2,1-3H3;1H. The molecule has 27 heavy (non-hydrogen) atoms. The highest BCUT2D eigenvalue weighted by Gasteiger charge is 2.23. The van der Waals surface area contributed by atoms with Gasteiger partial charge < -0.3 is 14.2 Å². The summed E-state index contributed by atoms with van der Waals surface area (Å²) in [6.45, 7) is 7.99. The molecular formula is C22H28ClN3O. The quantitative estimate of drug-likeness (QED) is 0.646. The van der Waals surface area contributed by atoms with Gasteiger partial charge in [-0.1, -0.05) is 31.2 Å². The second kappa shape index (κ2) is 8.32. The van der Waals surface area contributed by atoms with E-state index in [4.69, 9.17) is 9.72 Å². The molecule has 0 radical (unpaired) electrons. The van der Waals surface area contributed by atoms with Gasteiger partial charge in [-0.25, -0.2) is 4.98 Å². The third-order valence-electron chi connectivity index (χ3n) is 5.62. The highest BCUT2D eigenvalue weighted by molar-refractivity contribution is 5.93. The number of hydrogen-bond donors (Lipinski definition) is 0. The van der Waals surface area contributed by atoms with E-state index in [-0.39, 0.29) is 12.4 Å². The van der Waals surface area contributed by atoms with Crippen LogP contribution in [0.25, 0.3) is 10.9 Å². The third-order valence-corrected chi connectivity index (χ3v) is 5.62. The minimum absolute atomic E-state index is 0. The Morgan fingerprint density at radius 3 is 2.67 bits per heavy atom. The number of rotatable bonds is 5. The molecule has 1 aliphatic heterocycles. The van der Waals surface area contributed by atoms with Crippen LogP contribution in [0.15, 0.2) is 36.5 Å². The second-order valence-electron chi connectivity index (χ2n) is 7.04. The lowest BCUT2D eigenvalue weighted by molar-refractivity contribution is 0.187. The van der Waals surface area contributed by atoms with Crippen molar-refractivity contribution < 1.29 is 4.74 Å². The van der Waals surface area contributed by atoms with E-state index < -0.39 is 0 Å². The summed E-state index contributed by atoms with van der Waals surface area (Å²) in [5.74, 6) is 1.11. The first-order chi connectivity index (χ1) is 12.7. The summed E-state index contributed by atoms with van der Waals surface area (Å²) in [6.07, 6.45) is 4.06. The topological polar surface area (TPSA) is 30.3 Å². The number of pyridine rings is 1. The fourth-order valence-corrected chi connectivity index (χ4v) is 4.30. The van der Waals surface area contributed by atoms with Crippen molar-refractivity contribution in [3.63, 3.8) is 0 Å². The van der Waals surface area contributed by atoms with E-state index in [1.165, 1.54) is 33.3 Å². The van der Waals surface area contributed by atoms with Crippen LogP contribution in [0.2, 0.25) is 0 Å². The molecule has 0 spiro atoms. The Kier molecular flexibility index (Phi) is 6.08. The highest BCUT2D eigenvalue weighted by Crippen LogP contribution is 2.34. The number of methoxy groups -OCH3 is 1. The molecule has 1 aromatic carbocycles. The average Bonchev–Trinajstić information content (AvgIpc) is 2.97. The number of ether oxygens (including phenoxy) is 1. The Bertz CT molecular complexity index is 935. The van der Waals surface area contributed by atoms with Crippen LogP contribution < -0.4 is 4.90 Å². The van der Waals surface area contributed by atoms with Crippen molar-refractivity contribution in [2.75, 3.05) is 25.2 Å². The molecule has 0 N–H and O–H groups in total. The highest BCUT2D eigenvalue weighted by atomic mass is 35.5. The van der Waals surface area contributed by atoms with Gasteiger partial charge in [-0.3, -0.25) is 0 Å². The van der Waals surface area contributed by atoms with Gasteiger partial charge in [-0.15, -0.1) is 12.4 Å². The van der Waals surface area contributed by atoms with Crippen LogP contribution in [0.4, 0.5) is 5.82 Å². The second-order valence-corrected chi connectivity index (χ2v) is 7.04. The number of fused-ring (bicyclic) bond motifs is 2. The van der Waals surface area contributed by atoms with Gasteiger partial charge >= 0.3 is 0 Å². The first-order valence-corrected chi connectivity index (χ1v) is 9.52.